The lowest BCUT2D eigenvalue weighted by atomic mass is 10.1. The van der Waals surface area contributed by atoms with Crippen LogP contribution in [-0.4, -0.2) is 24.9 Å². The van der Waals surface area contributed by atoms with Gasteiger partial charge < -0.3 is 9.09 Å². The van der Waals surface area contributed by atoms with Gasteiger partial charge in [0.05, 0.1) is 5.75 Å². The van der Waals surface area contributed by atoms with Crippen molar-refractivity contribution >= 4 is 11.8 Å². The molecular formula is C18H23N5OS. The van der Waals surface area contributed by atoms with Crippen LogP contribution in [0.4, 0.5) is 0 Å². The normalized spacial score (nSPS) is 11.4. The van der Waals surface area contributed by atoms with Gasteiger partial charge in [0.2, 0.25) is 5.89 Å². The Morgan fingerprint density at radius 1 is 1.16 bits per heavy atom. The van der Waals surface area contributed by atoms with Gasteiger partial charge in [0, 0.05) is 19.4 Å². The third-order valence-corrected chi connectivity index (χ3v) is 4.70. The van der Waals surface area contributed by atoms with Gasteiger partial charge in [-0.15, -0.1) is 10.2 Å². The smallest absolute Gasteiger partial charge is 0.226 e. The van der Waals surface area contributed by atoms with Gasteiger partial charge in [-0.3, -0.25) is 0 Å². The van der Waals surface area contributed by atoms with Crippen molar-refractivity contribution in [3.8, 4) is 0 Å². The molecule has 0 radical (unpaired) electrons. The fourth-order valence-corrected chi connectivity index (χ4v) is 3.43. The Labute approximate surface area is 152 Å². The highest BCUT2D eigenvalue weighted by Gasteiger charge is 2.14. The van der Waals surface area contributed by atoms with Gasteiger partial charge >= 0.3 is 0 Å². The maximum Gasteiger partial charge on any atom is 0.226 e. The van der Waals surface area contributed by atoms with E-state index < -0.39 is 0 Å². The summed E-state index contributed by atoms with van der Waals surface area (Å²) < 4.78 is 7.43. The second kappa shape index (κ2) is 8.29. The number of hydrogen-bond donors (Lipinski definition) is 0. The molecule has 0 aliphatic rings. The summed E-state index contributed by atoms with van der Waals surface area (Å²) in [7, 11) is 0. The van der Waals surface area contributed by atoms with E-state index in [0.29, 0.717) is 23.4 Å². The molecule has 0 fully saturated rings. The van der Waals surface area contributed by atoms with E-state index in [1.54, 1.807) is 11.8 Å². The fraction of sp³-hybridized carbons (Fsp3) is 0.444. The summed E-state index contributed by atoms with van der Waals surface area (Å²) in [5, 5.41) is 13.7. The molecule has 6 nitrogen and oxygen atoms in total. The van der Waals surface area contributed by atoms with Crippen LogP contribution in [0.2, 0.25) is 0 Å². The Bertz CT molecular complexity index is 797. The van der Waals surface area contributed by atoms with Crippen molar-refractivity contribution in [2.45, 2.75) is 51.1 Å². The molecule has 0 bridgehead atoms. The third kappa shape index (κ3) is 4.69. The van der Waals surface area contributed by atoms with Gasteiger partial charge in [-0.2, -0.15) is 4.98 Å². The maximum atomic E-state index is 5.29. The molecule has 0 unspecified atom stereocenters. The van der Waals surface area contributed by atoms with Crippen molar-refractivity contribution in [2.75, 3.05) is 0 Å². The van der Waals surface area contributed by atoms with Crippen LogP contribution < -0.4 is 0 Å². The van der Waals surface area contributed by atoms with Crippen LogP contribution in [0.5, 0.6) is 0 Å². The molecule has 1 aromatic carbocycles. The first-order valence-electron chi connectivity index (χ1n) is 8.56. The Morgan fingerprint density at radius 3 is 2.68 bits per heavy atom. The minimum absolute atomic E-state index is 0.504. The van der Waals surface area contributed by atoms with E-state index in [1.807, 2.05) is 18.2 Å². The average Bonchev–Trinajstić information content (AvgIpc) is 3.20. The highest BCUT2D eigenvalue weighted by atomic mass is 32.2. The molecule has 0 aliphatic carbocycles. The van der Waals surface area contributed by atoms with Gasteiger partial charge in [-0.05, 0) is 18.4 Å². The SMILES string of the molecule is CCn1c(Cc2ccccc2)nnc1SCc1noc(CC(C)C)n1. The summed E-state index contributed by atoms with van der Waals surface area (Å²) >= 11 is 1.59. The van der Waals surface area contributed by atoms with Crippen LogP contribution in [0.25, 0.3) is 0 Å². The number of benzene rings is 1. The van der Waals surface area contributed by atoms with E-state index in [2.05, 4.69) is 57.8 Å². The highest BCUT2D eigenvalue weighted by molar-refractivity contribution is 7.98. The lowest BCUT2D eigenvalue weighted by Crippen LogP contribution is -2.04. The second-order valence-corrected chi connectivity index (χ2v) is 7.24. The van der Waals surface area contributed by atoms with E-state index in [9.17, 15) is 0 Å². The van der Waals surface area contributed by atoms with E-state index in [0.717, 1.165) is 30.4 Å². The molecule has 0 N–H and O–H groups in total. The average molecular weight is 357 g/mol. The molecule has 2 heterocycles. The number of hydrogen-bond acceptors (Lipinski definition) is 6. The maximum absolute atomic E-state index is 5.29. The standard InChI is InChI=1S/C18H23N5OS/c1-4-23-16(11-14-8-6-5-7-9-14)20-21-18(23)25-12-15-19-17(24-22-15)10-13(2)3/h5-9,13H,4,10-12H2,1-3H3. The Morgan fingerprint density at radius 2 is 1.96 bits per heavy atom. The van der Waals surface area contributed by atoms with Crippen LogP contribution in [0.3, 0.4) is 0 Å². The van der Waals surface area contributed by atoms with Crippen molar-refractivity contribution in [3.05, 3.63) is 53.4 Å². The summed E-state index contributed by atoms with van der Waals surface area (Å²) in [5.74, 6) is 3.52. The van der Waals surface area contributed by atoms with Crippen molar-refractivity contribution < 1.29 is 4.52 Å². The zero-order valence-electron chi connectivity index (χ0n) is 14.8. The molecule has 3 rings (SSSR count). The molecule has 2 aromatic heterocycles. The first kappa shape index (κ1) is 17.7. The van der Waals surface area contributed by atoms with E-state index in [4.69, 9.17) is 4.52 Å². The molecule has 0 aliphatic heterocycles. The van der Waals surface area contributed by atoms with Crippen LogP contribution in [0, 0.1) is 5.92 Å². The molecule has 0 atom stereocenters. The monoisotopic (exact) mass is 357 g/mol. The van der Waals surface area contributed by atoms with Gasteiger partial charge in [-0.25, -0.2) is 0 Å². The Hall–Kier alpha value is -2.15. The summed E-state index contributed by atoms with van der Waals surface area (Å²) in [5.41, 5.74) is 1.23. The van der Waals surface area contributed by atoms with Crippen LogP contribution >= 0.6 is 11.8 Å². The topological polar surface area (TPSA) is 69.6 Å². The minimum atomic E-state index is 0.504. The summed E-state index contributed by atoms with van der Waals surface area (Å²) in [6, 6.07) is 10.3. The molecular weight excluding hydrogens is 334 g/mol. The summed E-state index contributed by atoms with van der Waals surface area (Å²) in [6.45, 7) is 7.21. The van der Waals surface area contributed by atoms with Crippen LogP contribution in [-0.2, 0) is 25.1 Å². The second-order valence-electron chi connectivity index (χ2n) is 6.30. The van der Waals surface area contributed by atoms with Gasteiger partial charge in [-0.1, -0.05) is 61.1 Å². The van der Waals surface area contributed by atoms with Gasteiger partial charge in [0.15, 0.2) is 11.0 Å². The fourth-order valence-electron chi connectivity index (χ4n) is 2.56. The number of aromatic nitrogens is 5. The zero-order chi connectivity index (χ0) is 17.6. The Balaban J connectivity index is 1.65. The van der Waals surface area contributed by atoms with Crippen molar-refractivity contribution in [3.63, 3.8) is 0 Å². The van der Waals surface area contributed by atoms with Gasteiger partial charge in [0.25, 0.3) is 0 Å². The predicted molar refractivity (Wildman–Crippen MR) is 97.3 cm³/mol. The van der Waals surface area contributed by atoms with Crippen molar-refractivity contribution in [1.29, 1.82) is 0 Å². The molecule has 7 heteroatoms. The molecule has 0 amide bonds. The lowest BCUT2D eigenvalue weighted by molar-refractivity contribution is 0.360. The first-order valence-corrected chi connectivity index (χ1v) is 9.54. The molecule has 0 saturated heterocycles. The van der Waals surface area contributed by atoms with E-state index in [-0.39, 0.29) is 0 Å². The Kier molecular flexibility index (Phi) is 5.86. The third-order valence-electron chi connectivity index (χ3n) is 3.74. The van der Waals surface area contributed by atoms with Crippen LogP contribution in [0.15, 0.2) is 40.0 Å². The number of thioether (sulfide) groups is 1. The minimum Gasteiger partial charge on any atom is -0.339 e. The number of nitrogens with zero attached hydrogens (tertiary/aromatic N) is 5. The lowest BCUT2D eigenvalue weighted by Gasteiger charge is -2.06. The van der Waals surface area contributed by atoms with E-state index >= 15 is 0 Å². The predicted octanol–water partition coefficient (Wildman–Crippen LogP) is 3.76. The van der Waals surface area contributed by atoms with Crippen LogP contribution in [0.1, 0.15) is 43.9 Å². The molecule has 3 aromatic rings. The molecule has 0 spiro atoms. The molecule has 25 heavy (non-hydrogen) atoms. The first-order chi connectivity index (χ1) is 12.2. The van der Waals surface area contributed by atoms with Crippen molar-refractivity contribution in [1.82, 2.24) is 24.9 Å². The largest absolute Gasteiger partial charge is 0.339 e. The summed E-state index contributed by atoms with van der Waals surface area (Å²) in [4.78, 5) is 4.44. The van der Waals surface area contributed by atoms with E-state index in [1.165, 1.54) is 5.56 Å². The molecule has 0 saturated carbocycles. The number of rotatable bonds is 8. The molecule has 132 valence electrons. The quantitative estimate of drug-likeness (QED) is 0.572. The highest BCUT2D eigenvalue weighted by Crippen LogP contribution is 2.22. The summed E-state index contributed by atoms with van der Waals surface area (Å²) in [6.07, 6.45) is 1.59. The van der Waals surface area contributed by atoms with Gasteiger partial charge in [0.1, 0.15) is 5.82 Å². The van der Waals surface area contributed by atoms with Crippen molar-refractivity contribution in [2.24, 2.45) is 5.92 Å². The zero-order valence-corrected chi connectivity index (χ0v) is 15.7.